The maximum atomic E-state index is 14.1. The Bertz CT molecular complexity index is 1460. The number of nitrogens with one attached hydrogen (secondary N) is 1. The molecule has 38 heavy (non-hydrogen) atoms. The zero-order chi connectivity index (χ0) is 27.1. The lowest BCUT2D eigenvalue weighted by molar-refractivity contribution is -0.127. The molecule has 4 amide bonds. The number of ether oxygens (including phenoxy) is 1. The number of hydrogen-bond donors (Lipinski definition) is 2. The smallest absolute Gasteiger partial charge is 0.258 e. The molecule has 1 saturated carbocycles. The Kier molecular flexibility index (Phi) is 5.42. The monoisotopic (exact) mass is 558 g/mol. The largest absolute Gasteiger partial charge is 0.504 e. The van der Waals surface area contributed by atoms with Gasteiger partial charge in [0.25, 0.3) is 11.8 Å². The van der Waals surface area contributed by atoms with Gasteiger partial charge in [0.2, 0.25) is 11.8 Å². The molecular formula is C27H21Cl2FN2O6. The van der Waals surface area contributed by atoms with Crippen LogP contribution in [0.4, 0.5) is 10.1 Å². The average molecular weight is 559 g/mol. The van der Waals surface area contributed by atoms with E-state index in [-0.39, 0.29) is 30.0 Å². The number of amides is 4. The molecule has 0 spiro atoms. The Labute approximate surface area is 226 Å². The van der Waals surface area contributed by atoms with Crippen LogP contribution in [0, 0.1) is 23.6 Å². The van der Waals surface area contributed by atoms with Gasteiger partial charge in [-0.15, -0.1) is 23.2 Å². The summed E-state index contributed by atoms with van der Waals surface area (Å²) in [5, 5.41) is 13.0. The fourth-order valence-electron chi connectivity index (χ4n) is 6.57. The van der Waals surface area contributed by atoms with Crippen molar-refractivity contribution in [1.29, 1.82) is 0 Å². The van der Waals surface area contributed by atoms with Crippen LogP contribution in [0.3, 0.4) is 0 Å². The summed E-state index contributed by atoms with van der Waals surface area (Å²) in [4.78, 5) is 50.2. The Balaban J connectivity index is 1.57. The zero-order valence-corrected chi connectivity index (χ0v) is 21.4. The van der Waals surface area contributed by atoms with Crippen LogP contribution in [-0.4, -0.2) is 45.6 Å². The van der Waals surface area contributed by atoms with Gasteiger partial charge >= 0.3 is 0 Å². The minimum Gasteiger partial charge on any atom is -0.504 e. The SMILES string of the molecule is COc1ccc(C2C3=CCC4C(=O)NC(=O)C4C3CC3(Cl)C(=O)N(c4ccc(F)cc4)C(=O)C23Cl)cc1O. The zero-order valence-electron chi connectivity index (χ0n) is 19.9. The number of carbonyl (C=O) groups excluding carboxylic acids is 4. The number of hydrogen-bond acceptors (Lipinski definition) is 6. The fourth-order valence-corrected chi connectivity index (χ4v) is 7.51. The molecule has 11 heteroatoms. The molecule has 6 unspecified atom stereocenters. The Morgan fingerprint density at radius 2 is 1.74 bits per heavy atom. The van der Waals surface area contributed by atoms with Crippen LogP contribution in [0.25, 0.3) is 0 Å². The summed E-state index contributed by atoms with van der Waals surface area (Å²) in [6.07, 6.45) is 1.85. The molecular weight excluding hydrogens is 538 g/mol. The first-order valence-electron chi connectivity index (χ1n) is 12.0. The van der Waals surface area contributed by atoms with E-state index in [1.807, 2.05) is 0 Å². The molecule has 0 radical (unpaired) electrons. The van der Waals surface area contributed by atoms with E-state index in [1.54, 1.807) is 12.1 Å². The molecule has 2 aromatic rings. The predicted octanol–water partition coefficient (Wildman–Crippen LogP) is 3.39. The molecule has 0 aromatic heterocycles. The molecule has 196 valence electrons. The summed E-state index contributed by atoms with van der Waals surface area (Å²) >= 11 is 14.4. The highest BCUT2D eigenvalue weighted by Gasteiger charge is 2.76. The maximum Gasteiger partial charge on any atom is 0.258 e. The van der Waals surface area contributed by atoms with Crippen molar-refractivity contribution in [3.05, 3.63) is 65.5 Å². The van der Waals surface area contributed by atoms with Crippen molar-refractivity contribution in [2.45, 2.75) is 28.5 Å². The van der Waals surface area contributed by atoms with E-state index >= 15 is 0 Å². The maximum absolute atomic E-state index is 14.1. The molecule has 2 aromatic carbocycles. The standard InChI is InChI=1S/C27H21Cl2FN2O6/c1-38-19-9-2-12(10-18(19)33)21-15-7-8-16-20(23(35)31-22(16)34)17(15)11-26(28)24(36)32(25(37)27(21,26)29)14-5-3-13(30)4-6-14/h2-7,9-10,16-17,20-21,33H,8,11H2,1H3,(H,31,34,35). The lowest BCUT2D eigenvalue weighted by atomic mass is 9.56. The number of benzene rings is 2. The molecule has 2 aliphatic heterocycles. The van der Waals surface area contributed by atoms with Crippen molar-refractivity contribution in [3.63, 3.8) is 0 Å². The van der Waals surface area contributed by atoms with Gasteiger partial charge in [-0.3, -0.25) is 24.5 Å². The third-order valence-corrected chi connectivity index (χ3v) is 9.69. The van der Waals surface area contributed by atoms with Gasteiger partial charge in [-0.2, -0.15) is 0 Å². The second-order valence-corrected chi connectivity index (χ2v) is 11.3. The number of halogens is 3. The third kappa shape index (κ3) is 3.09. The number of phenolic OH excluding ortho intramolecular Hbond substituents is 1. The van der Waals surface area contributed by atoms with E-state index < -0.39 is 62.9 Å². The summed E-state index contributed by atoms with van der Waals surface area (Å²) in [6.45, 7) is 0. The van der Waals surface area contributed by atoms with Gasteiger partial charge in [-0.25, -0.2) is 9.29 Å². The average Bonchev–Trinajstić information content (AvgIpc) is 3.26. The van der Waals surface area contributed by atoms with Crippen molar-refractivity contribution in [2.75, 3.05) is 12.0 Å². The van der Waals surface area contributed by atoms with E-state index in [4.69, 9.17) is 27.9 Å². The van der Waals surface area contributed by atoms with Crippen molar-refractivity contribution in [2.24, 2.45) is 17.8 Å². The number of aromatic hydroxyl groups is 1. The van der Waals surface area contributed by atoms with Gasteiger partial charge in [0, 0.05) is 5.92 Å². The van der Waals surface area contributed by atoms with Gasteiger partial charge in [0.15, 0.2) is 21.2 Å². The number of phenols is 1. The number of rotatable bonds is 3. The van der Waals surface area contributed by atoms with Crippen LogP contribution in [0.1, 0.15) is 24.3 Å². The number of nitrogens with zero attached hydrogens (tertiary/aromatic N) is 1. The van der Waals surface area contributed by atoms with Crippen molar-refractivity contribution >= 4 is 52.5 Å². The normalized spacial score (nSPS) is 33.9. The number of fused-ring (bicyclic) bond motifs is 4. The number of anilines is 1. The van der Waals surface area contributed by atoms with Crippen LogP contribution < -0.4 is 15.0 Å². The number of imide groups is 2. The molecule has 6 atom stereocenters. The number of alkyl halides is 2. The van der Waals surface area contributed by atoms with E-state index in [0.717, 1.165) is 17.0 Å². The minimum atomic E-state index is -2.06. The second-order valence-electron chi connectivity index (χ2n) is 10.0. The first-order valence-corrected chi connectivity index (χ1v) is 12.7. The van der Waals surface area contributed by atoms with Gasteiger partial charge in [-0.05, 0) is 60.7 Å². The third-order valence-electron chi connectivity index (χ3n) is 8.28. The molecule has 2 N–H and O–H groups in total. The van der Waals surface area contributed by atoms with Gasteiger partial charge < -0.3 is 9.84 Å². The van der Waals surface area contributed by atoms with E-state index in [9.17, 15) is 28.7 Å². The molecule has 8 nitrogen and oxygen atoms in total. The Morgan fingerprint density at radius 1 is 1.03 bits per heavy atom. The van der Waals surface area contributed by atoms with E-state index in [0.29, 0.717) is 11.1 Å². The molecule has 3 fully saturated rings. The quantitative estimate of drug-likeness (QED) is 0.339. The summed E-state index contributed by atoms with van der Waals surface area (Å²) < 4.78 is 18.8. The highest BCUT2D eigenvalue weighted by Crippen LogP contribution is 2.65. The number of carbonyl (C=O) groups is 4. The number of allylic oxidation sites excluding steroid dienone is 2. The van der Waals surface area contributed by atoms with Crippen LogP contribution >= 0.6 is 23.2 Å². The molecule has 2 heterocycles. The number of methoxy groups -OCH3 is 1. The van der Waals surface area contributed by atoms with E-state index in [2.05, 4.69) is 5.32 Å². The topological polar surface area (TPSA) is 113 Å². The molecule has 0 bridgehead atoms. The van der Waals surface area contributed by atoms with Crippen LogP contribution in [0.5, 0.6) is 11.5 Å². The predicted molar refractivity (Wildman–Crippen MR) is 134 cm³/mol. The van der Waals surface area contributed by atoms with Gasteiger partial charge in [0.1, 0.15) is 5.82 Å². The van der Waals surface area contributed by atoms with E-state index in [1.165, 1.54) is 31.4 Å². The highest BCUT2D eigenvalue weighted by molar-refractivity contribution is 6.58. The molecule has 6 rings (SSSR count). The van der Waals surface area contributed by atoms with Crippen LogP contribution in [0.2, 0.25) is 0 Å². The molecule has 4 aliphatic rings. The minimum absolute atomic E-state index is 0.0933. The van der Waals surface area contributed by atoms with Crippen LogP contribution in [-0.2, 0) is 19.2 Å². The van der Waals surface area contributed by atoms with Gasteiger partial charge in [0.05, 0.1) is 24.6 Å². The Hall–Kier alpha value is -3.43. The first-order chi connectivity index (χ1) is 18.0. The molecule has 2 saturated heterocycles. The summed E-state index contributed by atoms with van der Waals surface area (Å²) in [6, 6.07) is 9.28. The van der Waals surface area contributed by atoms with Crippen molar-refractivity contribution in [1.82, 2.24) is 5.32 Å². The molecule has 2 aliphatic carbocycles. The lowest BCUT2D eigenvalue weighted by Gasteiger charge is -2.50. The summed E-state index contributed by atoms with van der Waals surface area (Å²) in [5.74, 6) is -6.22. The first kappa shape index (κ1) is 24.9. The second kappa shape index (κ2) is 8.28. The Morgan fingerprint density at radius 3 is 2.39 bits per heavy atom. The fraction of sp³-hybridized carbons (Fsp3) is 0.333. The summed E-state index contributed by atoms with van der Waals surface area (Å²) in [5.41, 5.74) is 1.06. The highest BCUT2D eigenvalue weighted by atomic mass is 35.5. The summed E-state index contributed by atoms with van der Waals surface area (Å²) in [7, 11) is 1.39. The van der Waals surface area contributed by atoms with Crippen molar-refractivity contribution < 1.29 is 33.4 Å². The van der Waals surface area contributed by atoms with Crippen molar-refractivity contribution in [3.8, 4) is 11.5 Å². The van der Waals surface area contributed by atoms with Gasteiger partial charge in [-0.1, -0.05) is 17.7 Å². The van der Waals surface area contributed by atoms with Crippen LogP contribution in [0.15, 0.2) is 54.1 Å². The lowest BCUT2D eigenvalue weighted by Crippen LogP contribution is -2.60.